The zero-order valence-corrected chi connectivity index (χ0v) is 14.6. The number of rotatable bonds is 5. The topological polar surface area (TPSA) is 75.8 Å². The highest BCUT2D eigenvalue weighted by atomic mass is 16.5. The van der Waals surface area contributed by atoms with Crippen molar-refractivity contribution in [1.29, 1.82) is 0 Å². The van der Waals surface area contributed by atoms with Crippen LogP contribution < -0.4 is 0 Å². The number of carbonyl (C=O) groups excluding carboxylic acids is 1. The number of aliphatic hydroxyl groups is 1. The Kier molecular flexibility index (Phi) is 5.56. The SMILES string of the molecule is CCC(CC)c1cc(C(=O)N2CCOC[C@@H]2[C@@H]2CCC[C@H]2O)on1. The second-order valence-corrected chi connectivity index (χ2v) is 6.93. The number of amides is 1. The largest absolute Gasteiger partial charge is 0.393 e. The monoisotopic (exact) mass is 336 g/mol. The van der Waals surface area contributed by atoms with Gasteiger partial charge in [0.1, 0.15) is 0 Å². The smallest absolute Gasteiger partial charge is 0.292 e. The molecule has 2 heterocycles. The van der Waals surface area contributed by atoms with E-state index in [4.69, 9.17) is 9.26 Å². The minimum atomic E-state index is -0.346. The van der Waals surface area contributed by atoms with Gasteiger partial charge in [0.2, 0.25) is 5.76 Å². The van der Waals surface area contributed by atoms with Gasteiger partial charge >= 0.3 is 0 Å². The van der Waals surface area contributed by atoms with Crippen molar-refractivity contribution in [2.75, 3.05) is 19.8 Å². The molecule has 1 saturated carbocycles. The van der Waals surface area contributed by atoms with Gasteiger partial charge in [-0.3, -0.25) is 4.79 Å². The highest BCUT2D eigenvalue weighted by Crippen LogP contribution is 2.33. The van der Waals surface area contributed by atoms with Gasteiger partial charge in [-0.25, -0.2) is 0 Å². The molecule has 0 spiro atoms. The maximum absolute atomic E-state index is 12.9. The van der Waals surface area contributed by atoms with Crippen molar-refractivity contribution in [3.05, 3.63) is 17.5 Å². The number of hydrogen-bond donors (Lipinski definition) is 1. The molecule has 1 aromatic rings. The lowest BCUT2D eigenvalue weighted by Crippen LogP contribution is -2.53. The van der Waals surface area contributed by atoms with Gasteiger partial charge in [0.05, 0.1) is 31.1 Å². The van der Waals surface area contributed by atoms with Crippen molar-refractivity contribution < 1.29 is 19.2 Å². The normalized spacial score (nSPS) is 27.8. The maximum atomic E-state index is 12.9. The molecule has 1 amide bonds. The third-order valence-corrected chi connectivity index (χ3v) is 5.60. The first-order valence-electron chi connectivity index (χ1n) is 9.19. The Morgan fingerprint density at radius 2 is 2.21 bits per heavy atom. The van der Waals surface area contributed by atoms with E-state index >= 15 is 0 Å². The van der Waals surface area contributed by atoms with Gasteiger partial charge < -0.3 is 19.3 Å². The van der Waals surface area contributed by atoms with Gasteiger partial charge in [-0.15, -0.1) is 0 Å². The van der Waals surface area contributed by atoms with Crippen LogP contribution in [0.15, 0.2) is 10.6 Å². The van der Waals surface area contributed by atoms with Crippen LogP contribution >= 0.6 is 0 Å². The van der Waals surface area contributed by atoms with Crippen LogP contribution in [-0.2, 0) is 4.74 Å². The highest BCUT2D eigenvalue weighted by Gasteiger charge is 2.40. The number of carbonyl (C=O) groups is 1. The van der Waals surface area contributed by atoms with Crippen LogP contribution in [0.25, 0.3) is 0 Å². The van der Waals surface area contributed by atoms with Gasteiger partial charge in [-0.05, 0) is 25.7 Å². The van der Waals surface area contributed by atoms with E-state index in [1.54, 1.807) is 6.07 Å². The summed E-state index contributed by atoms with van der Waals surface area (Å²) in [7, 11) is 0. The Labute approximate surface area is 143 Å². The molecule has 0 unspecified atom stereocenters. The fourth-order valence-corrected chi connectivity index (χ4v) is 4.08. The van der Waals surface area contributed by atoms with Crippen LogP contribution in [-0.4, -0.2) is 53.0 Å². The Bertz CT molecular complexity index is 555. The minimum Gasteiger partial charge on any atom is -0.393 e. The molecule has 2 fully saturated rings. The van der Waals surface area contributed by atoms with Gasteiger partial charge in [0.25, 0.3) is 5.91 Å². The van der Waals surface area contributed by atoms with Gasteiger partial charge in [-0.2, -0.15) is 0 Å². The van der Waals surface area contributed by atoms with Crippen LogP contribution in [0.4, 0.5) is 0 Å². The molecule has 0 aromatic carbocycles. The number of nitrogens with zero attached hydrogens (tertiary/aromatic N) is 2. The van der Waals surface area contributed by atoms with E-state index < -0.39 is 0 Å². The van der Waals surface area contributed by atoms with Crippen molar-refractivity contribution in [3.8, 4) is 0 Å². The van der Waals surface area contributed by atoms with E-state index in [9.17, 15) is 9.90 Å². The molecule has 0 radical (unpaired) electrons. The zero-order chi connectivity index (χ0) is 17.1. The standard InChI is InChI=1S/C18H28N2O4/c1-3-12(4-2)14-10-17(24-19-14)18(22)20-8-9-23-11-15(20)13-6-5-7-16(13)21/h10,12-13,15-16,21H,3-9,11H2,1-2H3/t13-,15+,16+/m0/s1. The Morgan fingerprint density at radius 3 is 2.88 bits per heavy atom. The predicted molar refractivity (Wildman–Crippen MR) is 88.8 cm³/mol. The molecular weight excluding hydrogens is 308 g/mol. The number of ether oxygens (including phenoxy) is 1. The number of hydrogen-bond acceptors (Lipinski definition) is 5. The van der Waals surface area contributed by atoms with Gasteiger partial charge in [0, 0.05) is 24.4 Å². The Morgan fingerprint density at radius 1 is 1.42 bits per heavy atom. The Hall–Kier alpha value is -1.40. The van der Waals surface area contributed by atoms with Crippen molar-refractivity contribution in [3.63, 3.8) is 0 Å². The predicted octanol–water partition coefficient (Wildman–Crippen LogP) is 2.58. The fourth-order valence-electron chi connectivity index (χ4n) is 4.08. The summed E-state index contributed by atoms with van der Waals surface area (Å²) in [6.45, 7) is 5.78. The first kappa shape index (κ1) is 17.4. The summed E-state index contributed by atoms with van der Waals surface area (Å²) in [5.74, 6) is 0.589. The molecule has 0 bridgehead atoms. The van der Waals surface area contributed by atoms with Crippen LogP contribution in [0.3, 0.4) is 0 Å². The van der Waals surface area contributed by atoms with E-state index in [1.807, 2.05) is 4.90 Å². The molecule has 1 aromatic heterocycles. The van der Waals surface area contributed by atoms with E-state index in [2.05, 4.69) is 19.0 Å². The number of aliphatic hydroxyl groups excluding tert-OH is 1. The average Bonchev–Trinajstić information content (AvgIpc) is 3.25. The third kappa shape index (κ3) is 3.35. The van der Waals surface area contributed by atoms with Crippen molar-refractivity contribution in [1.82, 2.24) is 10.1 Å². The van der Waals surface area contributed by atoms with Crippen LogP contribution in [0.5, 0.6) is 0 Å². The van der Waals surface area contributed by atoms with E-state index in [1.165, 1.54) is 0 Å². The van der Waals surface area contributed by atoms with Crippen LogP contribution in [0, 0.1) is 5.92 Å². The second-order valence-electron chi connectivity index (χ2n) is 6.93. The van der Waals surface area contributed by atoms with Crippen LogP contribution in [0.2, 0.25) is 0 Å². The molecule has 24 heavy (non-hydrogen) atoms. The molecular formula is C18H28N2O4. The molecule has 6 nitrogen and oxygen atoms in total. The molecule has 1 aliphatic heterocycles. The maximum Gasteiger partial charge on any atom is 0.292 e. The highest BCUT2D eigenvalue weighted by molar-refractivity contribution is 5.91. The molecule has 1 N–H and O–H groups in total. The molecule has 134 valence electrons. The van der Waals surface area contributed by atoms with Gasteiger partial charge in [0.15, 0.2) is 0 Å². The zero-order valence-electron chi connectivity index (χ0n) is 14.6. The number of aromatic nitrogens is 1. The summed E-state index contributed by atoms with van der Waals surface area (Å²) < 4.78 is 10.9. The minimum absolute atomic E-state index is 0.0783. The first-order chi connectivity index (χ1) is 11.7. The summed E-state index contributed by atoms with van der Waals surface area (Å²) >= 11 is 0. The van der Waals surface area contributed by atoms with Gasteiger partial charge in [-0.1, -0.05) is 25.4 Å². The summed E-state index contributed by atoms with van der Waals surface area (Å²) in [4.78, 5) is 14.8. The average molecular weight is 336 g/mol. The molecule has 2 aliphatic rings. The number of morpholine rings is 1. The summed E-state index contributed by atoms with van der Waals surface area (Å²) in [6, 6.07) is 1.71. The van der Waals surface area contributed by atoms with Crippen molar-refractivity contribution in [2.24, 2.45) is 5.92 Å². The lowest BCUT2D eigenvalue weighted by molar-refractivity contribution is -0.0396. The van der Waals surface area contributed by atoms with Crippen molar-refractivity contribution in [2.45, 2.75) is 64.0 Å². The molecule has 1 saturated heterocycles. The fraction of sp³-hybridized carbons (Fsp3) is 0.778. The quantitative estimate of drug-likeness (QED) is 0.894. The van der Waals surface area contributed by atoms with E-state index in [0.29, 0.717) is 31.4 Å². The lowest BCUT2D eigenvalue weighted by atomic mass is 9.94. The third-order valence-electron chi connectivity index (χ3n) is 5.60. The van der Waals surface area contributed by atoms with E-state index in [0.717, 1.165) is 37.8 Å². The molecule has 1 aliphatic carbocycles. The summed E-state index contributed by atoms with van der Waals surface area (Å²) in [5, 5.41) is 14.3. The molecule has 3 atom stereocenters. The lowest BCUT2D eigenvalue weighted by Gasteiger charge is -2.39. The summed E-state index contributed by atoms with van der Waals surface area (Å²) in [5.41, 5.74) is 0.856. The molecule has 6 heteroatoms. The van der Waals surface area contributed by atoms with E-state index in [-0.39, 0.29) is 24.0 Å². The van der Waals surface area contributed by atoms with Crippen LogP contribution in [0.1, 0.15) is 68.1 Å². The van der Waals surface area contributed by atoms with Crippen molar-refractivity contribution >= 4 is 5.91 Å². The summed E-state index contributed by atoms with van der Waals surface area (Å²) in [6.07, 6.45) is 4.36. The Balaban J connectivity index is 1.77. The molecule has 3 rings (SSSR count). The first-order valence-corrected chi connectivity index (χ1v) is 9.19. The second kappa shape index (κ2) is 7.66.